The predicted octanol–water partition coefficient (Wildman–Crippen LogP) is 5.81. The van der Waals surface area contributed by atoms with E-state index in [9.17, 15) is 0 Å². The minimum Gasteiger partial charge on any atom is -0.497 e. The molecule has 3 nitrogen and oxygen atoms in total. The third-order valence-corrected chi connectivity index (χ3v) is 8.83. The van der Waals surface area contributed by atoms with Crippen LogP contribution in [0, 0.1) is 22.7 Å². The zero-order chi connectivity index (χ0) is 19.4. The standard InChI is InChI=1S/C23H34O3S/c1-21(2)8-7-9-22(3)19(23(4)13-18(26-23)20(21)22)14-27-17-11-15(24-5)10-16(12-17)25-6/h10-12,18-20H,7-9,13-14H2,1-6H3. The molecule has 4 aliphatic rings. The first-order chi connectivity index (χ1) is 12.7. The Labute approximate surface area is 168 Å². The quantitative estimate of drug-likeness (QED) is 0.593. The van der Waals surface area contributed by atoms with Gasteiger partial charge in [-0.1, -0.05) is 27.2 Å². The Bertz CT molecular complexity index is 687. The van der Waals surface area contributed by atoms with Crippen LogP contribution >= 0.6 is 11.8 Å². The Balaban J connectivity index is 1.59. The summed E-state index contributed by atoms with van der Waals surface area (Å²) in [5, 5.41) is 0. The zero-order valence-corrected chi connectivity index (χ0v) is 18.4. The van der Waals surface area contributed by atoms with Crippen LogP contribution in [0.5, 0.6) is 11.5 Å². The van der Waals surface area contributed by atoms with Gasteiger partial charge in [0, 0.05) is 29.1 Å². The van der Waals surface area contributed by atoms with Crippen LogP contribution in [0.4, 0.5) is 0 Å². The van der Waals surface area contributed by atoms with E-state index in [4.69, 9.17) is 14.2 Å². The van der Waals surface area contributed by atoms with E-state index in [-0.39, 0.29) is 5.60 Å². The summed E-state index contributed by atoms with van der Waals surface area (Å²) in [6.07, 6.45) is 5.70. The topological polar surface area (TPSA) is 27.7 Å². The summed E-state index contributed by atoms with van der Waals surface area (Å²) < 4.78 is 17.5. The van der Waals surface area contributed by atoms with Gasteiger partial charge >= 0.3 is 0 Å². The molecule has 0 radical (unpaired) electrons. The van der Waals surface area contributed by atoms with Gasteiger partial charge < -0.3 is 14.2 Å². The van der Waals surface area contributed by atoms with Crippen molar-refractivity contribution in [1.82, 2.24) is 0 Å². The Morgan fingerprint density at radius 3 is 2.26 bits per heavy atom. The normalized spacial score (nSPS) is 39.3. The van der Waals surface area contributed by atoms with Crippen molar-refractivity contribution in [2.75, 3.05) is 20.0 Å². The molecular formula is C23H34O3S. The van der Waals surface area contributed by atoms with E-state index in [2.05, 4.69) is 39.8 Å². The predicted molar refractivity (Wildman–Crippen MR) is 111 cm³/mol. The Hall–Kier alpha value is -0.870. The van der Waals surface area contributed by atoms with E-state index in [1.807, 2.05) is 17.8 Å². The van der Waals surface area contributed by atoms with Gasteiger partial charge in [-0.15, -0.1) is 11.8 Å². The molecular weight excluding hydrogens is 356 g/mol. The van der Waals surface area contributed by atoms with Crippen LogP contribution in [-0.4, -0.2) is 31.7 Å². The molecule has 5 rings (SSSR count). The number of rotatable bonds is 5. The van der Waals surface area contributed by atoms with Crippen molar-refractivity contribution in [2.45, 2.75) is 70.0 Å². The second-order valence-corrected chi connectivity index (χ2v) is 11.0. The number of hydrogen-bond acceptors (Lipinski definition) is 4. The molecule has 4 heteroatoms. The minimum absolute atomic E-state index is 0.0410. The lowest BCUT2D eigenvalue weighted by molar-refractivity contribution is -0.341. The number of thioether (sulfide) groups is 1. The Kier molecular flexibility index (Phi) is 4.74. The maximum Gasteiger partial charge on any atom is 0.123 e. The Morgan fingerprint density at radius 2 is 1.67 bits per heavy atom. The fourth-order valence-corrected chi connectivity index (χ4v) is 8.19. The molecule has 2 bridgehead atoms. The molecule has 0 N–H and O–H groups in total. The Morgan fingerprint density at radius 1 is 1.04 bits per heavy atom. The molecule has 0 amide bonds. The van der Waals surface area contributed by atoms with Gasteiger partial charge in [-0.2, -0.15) is 0 Å². The fourth-order valence-electron chi connectivity index (χ4n) is 6.70. The molecule has 2 saturated heterocycles. The SMILES string of the molecule is COc1cc(OC)cc(SCC2C3(C)CC(O3)C3C(C)(C)CCCC32C)c1. The average molecular weight is 391 g/mol. The highest BCUT2D eigenvalue weighted by atomic mass is 32.2. The summed E-state index contributed by atoms with van der Waals surface area (Å²) in [4.78, 5) is 1.21. The van der Waals surface area contributed by atoms with E-state index in [1.165, 1.54) is 30.6 Å². The van der Waals surface area contributed by atoms with Crippen molar-refractivity contribution in [3.63, 3.8) is 0 Å². The van der Waals surface area contributed by atoms with Gasteiger partial charge in [0.1, 0.15) is 11.5 Å². The van der Waals surface area contributed by atoms with Crippen LogP contribution in [0.1, 0.15) is 53.4 Å². The highest BCUT2D eigenvalue weighted by Gasteiger charge is 2.68. The highest BCUT2D eigenvalue weighted by Crippen LogP contribution is 2.68. The lowest BCUT2D eigenvalue weighted by atomic mass is 9.43. The van der Waals surface area contributed by atoms with Crippen LogP contribution in [0.2, 0.25) is 0 Å². The molecule has 2 aliphatic carbocycles. The molecule has 5 atom stereocenters. The molecule has 2 saturated carbocycles. The number of hydrogen-bond donors (Lipinski definition) is 0. The van der Waals surface area contributed by atoms with E-state index in [1.54, 1.807) is 14.2 Å². The molecule has 0 aromatic heterocycles. The van der Waals surface area contributed by atoms with Gasteiger partial charge in [-0.3, -0.25) is 0 Å². The van der Waals surface area contributed by atoms with Crippen LogP contribution in [0.3, 0.4) is 0 Å². The van der Waals surface area contributed by atoms with Gasteiger partial charge in [0.05, 0.1) is 25.9 Å². The van der Waals surface area contributed by atoms with Crippen molar-refractivity contribution in [3.8, 4) is 11.5 Å². The second kappa shape index (κ2) is 6.59. The van der Waals surface area contributed by atoms with Crippen molar-refractivity contribution in [2.24, 2.45) is 22.7 Å². The molecule has 150 valence electrons. The summed E-state index contributed by atoms with van der Waals surface area (Å²) in [6.45, 7) is 9.85. The number of ether oxygens (including phenoxy) is 3. The van der Waals surface area contributed by atoms with Crippen molar-refractivity contribution >= 4 is 11.8 Å². The van der Waals surface area contributed by atoms with Crippen molar-refractivity contribution in [1.29, 1.82) is 0 Å². The summed E-state index contributed by atoms with van der Waals surface area (Å²) in [5.74, 6) is 4.04. The molecule has 0 spiro atoms. The van der Waals surface area contributed by atoms with Crippen LogP contribution in [-0.2, 0) is 4.74 Å². The highest BCUT2D eigenvalue weighted by molar-refractivity contribution is 7.99. The van der Waals surface area contributed by atoms with Gasteiger partial charge in [0.25, 0.3) is 0 Å². The van der Waals surface area contributed by atoms with E-state index < -0.39 is 0 Å². The summed E-state index contributed by atoms with van der Waals surface area (Å²) >= 11 is 1.93. The van der Waals surface area contributed by atoms with Gasteiger partial charge in [0.2, 0.25) is 0 Å². The summed E-state index contributed by atoms with van der Waals surface area (Å²) in [7, 11) is 3.42. The van der Waals surface area contributed by atoms with Crippen LogP contribution in [0.25, 0.3) is 0 Å². The third kappa shape index (κ3) is 3.07. The molecule has 2 heterocycles. The van der Waals surface area contributed by atoms with Crippen molar-refractivity contribution in [3.05, 3.63) is 18.2 Å². The van der Waals surface area contributed by atoms with Crippen LogP contribution in [0.15, 0.2) is 23.1 Å². The lowest BCUT2D eigenvalue weighted by Crippen LogP contribution is -2.72. The second-order valence-electron chi connectivity index (χ2n) is 9.91. The van der Waals surface area contributed by atoms with Gasteiger partial charge in [0.15, 0.2) is 0 Å². The van der Waals surface area contributed by atoms with Gasteiger partial charge in [-0.05, 0) is 48.6 Å². The van der Waals surface area contributed by atoms with E-state index in [0.29, 0.717) is 28.8 Å². The first kappa shape index (κ1) is 19.4. The zero-order valence-electron chi connectivity index (χ0n) is 17.6. The minimum atomic E-state index is 0.0410. The first-order valence-electron chi connectivity index (χ1n) is 10.3. The molecule has 27 heavy (non-hydrogen) atoms. The summed E-state index contributed by atoms with van der Waals surface area (Å²) in [6, 6.07) is 6.17. The van der Waals surface area contributed by atoms with E-state index in [0.717, 1.165) is 17.3 Å². The molecule has 2 aliphatic heterocycles. The van der Waals surface area contributed by atoms with E-state index >= 15 is 0 Å². The maximum absolute atomic E-state index is 6.56. The monoisotopic (exact) mass is 390 g/mol. The van der Waals surface area contributed by atoms with Crippen molar-refractivity contribution < 1.29 is 14.2 Å². The average Bonchev–Trinajstić information content (AvgIpc) is 2.58. The lowest BCUT2D eigenvalue weighted by Gasteiger charge is -2.71. The number of benzene rings is 1. The van der Waals surface area contributed by atoms with Gasteiger partial charge in [-0.25, -0.2) is 0 Å². The largest absolute Gasteiger partial charge is 0.497 e. The fraction of sp³-hybridized carbons (Fsp3) is 0.739. The maximum atomic E-state index is 6.56. The molecule has 1 aromatic rings. The third-order valence-electron chi connectivity index (χ3n) is 7.76. The molecule has 1 aromatic carbocycles. The summed E-state index contributed by atoms with van der Waals surface area (Å²) in [5.41, 5.74) is 0.786. The number of methoxy groups -OCH3 is 2. The molecule has 5 unspecified atom stereocenters. The smallest absolute Gasteiger partial charge is 0.123 e. The molecule has 4 fully saturated rings. The van der Waals surface area contributed by atoms with Crippen LogP contribution < -0.4 is 9.47 Å². The first-order valence-corrected chi connectivity index (χ1v) is 11.2.